The van der Waals surface area contributed by atoms with Crippen LogP contribution in [-0.4, -0.2) is 30.1 Å². The van der Waals surface area contributed by atoms with Crippen molar-refractivity contribution in [3.05, 3.63) is 60.0 Å². The quantitative estimate of drug-likeness (QED) is 0.407. The Kier molecular flexibility index (Phi) is 6.61. The largest absolute Gasteiger partial charge is 0.478 e. The summed E-state index contributed by atoms with van der Waals surface area (Å²) in [4.78, 5) is 7.79. The number of anilines is 4. The zero-order valence-corrected chi connectivity index (χ0v) is 16.7. The molecule has 0 atom stereocenters. The fourth-order valence-electron chi connectivity index (χ4n) is 2.56. The lowest BCUT2D eigenvalue weighted by atomic mass is 10.2. The summed E-state index contributed by atoms with van der Waals surface area (Å²) in [7, 11) is -3.89. The number of benzene rings is 2. The van der Waals surface area contributed by atoms with Crippen LogP contribution in [0.1, 0.15) is 5.56 Å². The number of nitrogens with zero attached hydrogens (tertiary/aromatic N) is 3. The smallest absolute Gasteiger partial charge is 0.238 e. The maximum atomic E-state index is 14.2. The van der Waals surface area contributed by atoms with Gasteiger partial charge in [-0.3, -0.25) is 0 Å². The zero-order chi connectivity index (χ0) is 22.4. The number of aliphatic hydroxyl groups is 1. The van der Waals surface area contributed by atoms with Crippen molar-refractivity contribution in [1.82, 2.24) is 9.97 Å². The Morgan fingerprint density at radius 1 is 1.19 bits per heavy atom. The summed E-state index contributed by atoms with van der Waals surface area (Å²) in [6, 6.07) is 12.1. The van der Waals surface area contributed by atoms with Gasteiger partial charge >= 0.3 is 0 Å². The second kappa shape index (κ2) is 9.35. The first kappa shape index (κ1) is 21.9. The van der Waals surface area contributed by atoms with Gasteiger partial charge in [-0.1, -0.05) is 6.07 Å². The van der Waals surface area contributed by atoms with Crippen LogP contribution >= 0.6 is 0 Å². The van der Waals surface area contributed by atoms with E-state index in [2.05, 4.69) is 20.6 Å². The minimum atomic E-state index is -3.89. The number of ether oxygens (including phenoxy) is 1. The van der Waals surface area contributed by atoms with Gasteiger partial charge in [0.15, 0.2) is 18.2 Å². The van der Waals surface area contributed by atoms with Crippen molar-refractivity contribution in [2.45, 2.75) is 11.5 Å². The van der Waals surface area contributed by atoms with Crippen LogP contribution in [0.15, 0.2) is 53.6 Å². The molecule has 0 unspecified atom stereocenters. The number of aromatic nitrogens is 2. The highest BCUT2D eigenvalue weighted by molar-refractivity contribution is 7.89. The van der Waals surface area contributed by atoms with Crippen LogP contribution in [0.2, 0.25) is 0 Å². The van der Waals surface area contributed by atoms with Crippen LogP contribution in [0.3, 0.4) is 0 Å². The van der Waals surface area contributed by atoms with E-state index in [1.807, 2.05) is 6.07 Å². The van der Waals surface area contributed by atoms with Crippen molar-refractivity contribution in [3.63, 3.8) is 0 Å². The highest BCUT2D eigenvalue weighted by Crippen LogP contribution is 2.26. The topological polar surface area (TPSA) is 163 Å². The van der Waals surface area contributed by atoms with Crippen molar-refractivity contribution in [1.29, 1.82) is 5.26 Å². The summed E-state index contributed by atoms with van der Waals surface area (Å²) in [6.07, 6.45) is 0.943. The predicted octanol–water partition coefficient (Wildman–Crippen LogP) is 2.14. The molecule has 0 saturated heterocycles. The fourth-order valence-corrected chi connectivity index (χ4v) is 3.12. The lowest BCUT2D eigenvalue weighted by molar-refractivity contribution is 0.270. The van der Waals surface area contributed by atoms with Gasteiger partial charge in [-0.05, 0) is 36.4 Å². The number of nitrogens with one attached hydrogen (secondary N) is 2. The standard InChI is InChI=1S/C19H17FN6O4S/c20-16-10-23-19(25-13-2-1-3-15(9-13)31(22,28)29)26-18(16)24-14-4-5-17(30-7-6-21)12(8-14)11-27/h1-5,8-10,27H,7,11H2,(H2,22,28,29)(H2,23,24,25,26). The molecule has 3 rings (SSSR count). The molecule has 12 heteroatoms. The number of nitriles is 1. The normalized spacial score (nSPS) is 10.9. The summed E-state index contributed by atoms with van der Waals surface area (Å²) in [5.74, 6) is -0.560. The van der Waals surface area contributed by atoms with Crippen LogP contribution in [-0.2, 0) is 16.6 Å². The second-order valence-corrected chi connectivity index (χ2v) is 7.70. The first-order chi connectivity index (χ1) is 14.8. The first-order valence-electron chi connectivity index (χ1n) is 8.73. The molecule has 1 aromatic heterocycles. The molecule has 160 valence electrons. The molecule has 0 aliphatic carbocycles. The Balaban J connectivity index is 1.83. The van der Waals surface area contributed by atoms with Gasteiger partial charge in [0.05, 0.1) is 17.7 Å². The Hall–Kier alpha value is -3.79. The molecule has 10 nitrogen and oxygen atoms in total. The average Bonchev–Trinajstić information content (AvgIpc) is 2.74. The van der Waals surface area contributed by atoms with Crippen LogP contribution in [0.5, 0.6) is 5.75 Å². The Labute approximate surface area is 177 Å². The number of primary sulfonamides is 1. The van der Waals surface area contributed by atoms with E-state index in [1.165, 1.54) is 30.3 Å². The van der Waals surface area contributed by atoms with Gasteiger partial charge in [0, 0.05) is 16.9 Å². The second-order valence-electron chi connectivity index (χ2n) is 6.14. The fraction of sp³-hybridized carbons (Fsp3) is 0.105. The molecule has 3 aromatic rings. The van der Waals surface area contributed by atoms with Gasteiger partial charge in [0.2, 0.25) is 16.0 Å². The Bertz CT molecular complexity index is 1250. The van der Waals surface area contributed by atoms with Gasteiger partial charge in [0.25, 0.3) is 0 Å². The maximum absolute atomic E-state index is 14.2. The molecule has 0 radical (unpaired) electrons. The SMILES string of the molecule is N#CCOc1ccc(Nc2nc(Nc3cccc(S(N)(=O)=O)c3)ncc2F)cc1CO. The summed E-state index contributed by atoms with van der Waals surface area (Å²) in [5, 5.41) is 28.8. The summed E-state index contributed by atoms with van der Waals surface area (Å²) in [5.41, 5.74) is 1.15. The van der Waals surface area contributed by atoms with Crippen molar-refractivity contribution < 1.29 is 22.7 Å². The summed E-state index contributed by atoms with van der Waals surface area (Å²) < 4.78 is 42.4. The van der Waals surface area contributed by atoms with Gasteiger partial charge in [-0.2, -0.15) is 10.2 Å². The average molecular weight is 444 g/mol. The molecule has 0 saturated carbocycles. The monoisotopic (exact) mass is 444 g/mol. The molecule has 5 N–H and O–H groups in total. The number of hydrogen-bond acceptors (Lipinski definition) is 9. The van der Waals surface area contributed by atoms with Crippen LogP contribution in [0, 0.1) is 17.1 Å². The van der Waals surface area contributed by atoms with Gasteiger partial charge in [-0.25, -0.2) is 22.9 Å². The number of hydrogen-bond donors (Lipinski definition) is 4. The highest BCUT2D eigenvalue weighted by atomic mass is 32.2. The molecule has 0 amide bonds. The van der Waals surface area contributed by atoms with Crippen LogP contribution in [0.4, 0.5) is 27.5 Å². The molecule has 1 heterocycles. The van der Waals surface area contributed by atoms with Crippen molar-refractivity contribution >= 4 is 33.2 Å². The summed E-state index contributed by atoms with van der Waals surface area (Å²) >= 11 is 0. The third-order valence-electron chi connectivity index (χ3n) is 3.95. The predicted molar refractivity (Wildman–Crippen MR) is 110 cm³/mol. The molecule has 0 aliphatic heterocycles. The number of nitrogens with two attached hydrogens (primary N) is 1. The molecule has 0 bridgehead atoms. The van der Waals surface area contributed by atoms with E-state index in [1.54, 1.807) is 12.1 Å². The third-order valence-corrected chi connectivity index (χ3v) is 4.86. The van der Waals surface area contributed by atoms with Crippen molar-refractivity contribution in [3.8, 4) is 11.8 Å². The molecule has 0 spiro atoms. The van der Waals surface area contributed by atoms with Crippen LogP contribution < -0.4 is 20.5 Å². The minimum Gasteiger partial charge on any atom is -0.478 e. The molecule has 0 aliphatic rings. The molecular weight excluding hydrogens is 427 g/mol. The molecular formula is C19H17FN6O4S. The maximum Gasteiger partial charge on any atom is 0.238 e. The van der Waals surface area contributed by atoms with E-state index in [0.29, 0.717) is 22.7 Å². The van der Waals surface area contributed by atoms with Gasteiger partial charge < -0.3 is 20.5 Å². The lowest BCUT2D eigenvalue weighted by Crippen LogP contribution is -2.12. The Morgan fingerprint density at radius 2 is 1.97 bits per heavy atom. The van der Waals surface area contributed by atoms with Crippen LogP contribution in [0.25, 0.3) is 0 Å². The lowest BCUT2D eigenvalue weighted by Gasteiger charge is -2.12. The number of rotatable bonds is 8. The first-order valence-corrected chi connectivity index (χ1v) is 10.3. The van der Waals surface area contributed by atoms with E-state index in [9.17, 15) is 17.9 Å². The minimum absolute atomic E-state index is 0.00632. The van der Waals surface area contributed by atoms with Crippen molar-refractivity contribution in [2.75, 3.05) is 17.2 Å². The molecule has 2 aromatic carbocycles. The Morgan fingerprint density at radius 3 is 2.68 bits per heavy atom. The zero-order valence-electron chi connectivity index (χ0n) is 15.9. The van der Waals surface area contributed by atoms with E-state index in [-0.39, 0.29) is 29.9 Å². The van der Waals surface area contributed by atoms with E-state index in [0.717, 1.165) is 6.20 Å². The van der Waals surface area contributed by atoms with E-state index >= 15 is 0 Å². The third kappa shape index (κ3) is 5.64. The van der Waals surface area contributed by atoms with Crippen molar-refractivity contribution in [2.24, 2.45) is 5.14 Å². The van der Waals surface area contributed by atoms with Gasteiger partial charge in [-0.15, -0.1) is 0 Å². The number of aliphatic hydroxyl groups excluding tert-OH is 1. The van der Waals surface area contributed by atoms with E-state index in [4.69, 9.17) is 15.1 Å². The number of sulfonamides is 1. The summed E-state index contributed by atoms with van der Waals surface area (Å²) in [6.45, 7) is -0.530. The van der Waals surface area contributed by atoms with Gasteiger partial charge in [0.1, 0.15) is 11.8 Å². The molecule has 0 fully saturated rings. The van der Waals surface area contributed by atoms with E-state index < -0.39 is 15.8 Å². The molecule has 31 heavy (non-hydrogen) atoms. The number of halogens is 1. The highest BCUT2D eigenvalue weighted by Gasteiger charge is 2.12.